The van der Waals surface area contributed by atoms with Gasteiger partial charge in [-0.1, -0.05) is 0 Å². The number of ketones is 1. The van der Waals surface area contributed by atoms with Crippen molar-refractivity contribution in [2.45, 2.75) is 0 Å². The zero-order valence-electron chi connectivity index (χ0n) is 6.52. The minimum absolute atomic E-state index is 0.000886. The fourth-order valence-electron chi connectivity index (χ4n) is 0.795. The summed E-state index contributed by atoms with van der Waals surface area (Å²) in [7, 11) is 0. The summed E-state index contributed by atoms with van der Waals surface area (Å²) < 4.78 is 0. The molecule has 13 heavy (non-hydrogen) atoms. The van der Waals surface area contributed by atoms with E-state index in [1.807, 2.05) is 0 Å². The average Bonchev–Trinajstić information content (AvgIpc) is 2.17. The summed E-state index contributed by atoms with van der Waals surface area (Å²) in [6.45, 7) is 0. The van der Waals surface area contributed by atoms with E-state index in [4.69, 9.17) is 10.3 Å². The van der Waals surface area contributed by atoms with E-state index < -0.39 is 11.7 Å². The van der Waals surface area contributed by atoms with Gasteiger partial charge in [-0.3, -0.25) is 14.8 Å². The number of phenolic OH excluding ortho intramolecular Hbond substituents is 1. The van der Waals surface area contributed by atoms with Crippen molar-refractivity contribution in [2.24, 2.45) is 0 Å². The number of carbonyl (C=O) groups is 2. The van der Waals surface area contributed by atoms with Gasteiger partial charge in [0.2, 0.25) is 0 Å². The molecule has 0 aliphatic rings. The molecule has 0 saturated carbocycles. The molecule has 3 N–H and O–H groups in total. The van der Waals surface area contributed by atoms with Crippen LogP contribution in [-0.4, -0.2) is 22.0 Å². The van der Waals surface area contributed by atoms with Crippen molar-refractivity contribution in [3.8, 4) is 5.75 Å². The molecule has 1 aromatic carbocycles. The first kappa shape index (κ1) is 9.21. The van der Waals surface area contributed by atoms with Crippen LogP contribution in [0.25, 0.3) is 0 Å². The molecular formula is C8H7NO4. The lowest BCUT2D eigenvalue weighted by atomic mass is 10.1. The van der Waals surface area contributed by atoms with E-state index in [9.17, 15) is 9.59 Å². The van der Waals surface area contributed by atoms with Crippen LogP contribution in [0.5, 0.6) is 5.75 Å². The van der Waals surface area contributed by atoms with Gasteiger partial charge in [0.25, 0.3) is 5.78 Å². The lowest BCUT2D eigenvalue weighted by molar-refractivity contribution is -0.124. The van der Waals surface area contributed by atoms with E-state index in [1.54, 1.807) is 0 Å². The summed E-state index contributed by atoms with van der Waals surface area (Å²) in [6.07, 6.45) is 0. The van der Waals surface area contributed by atoms with E-state index in [2.05, 4.69) is 0 Å². The third-order valence-electron chi connectivity index (χ3n) is 1.44. The Bertz CT molecular complexity index is 331. The Balaban J connectivity index is 2.90. The highest BCUT2D eigenvalue weighted by atomic mass is 16.5. The van der Waals surface area contributed by atoms with Crippen LogP contribution >= 0.6 is 0 Å². The number of aromatic hydroxyl groups is 1. The van der Waals surface area contributed by atoms with Crippen LogP contribution in [0.3, 0.4) is 0 Å². The molecule has 0 heterocycles. The molecule has 0 fully saturated rings. The molecular weight excluding hydrogens is 174 g/mol. The summed E-state index contributed by atoms with van der Waals surface area (Å²) in [6, 6.07) is 5.12. The molecule has 1 aromatic rings. The molecule has 1 rings (SSSR count). The first-order chi connectivity index (χ1) is 6.15. The van der Waals surface area contributed by atoms with Gasteiger partial charge in [0.1, 0.15) is 5.75 Å². The minimum Gasteiger partial charge on any atom is -0.508 e. The second-order valence-electron chi connectivity index (χ2n) is 2.32. The largest absolute Gasteiger partial charge is 0.508 e. The standard InChI is InChI=1S/C8H7NO4/c10-6-3-1-5(2-4-6)7(11)8(12)9-13/h1-4,10,13H,(H,9,12). The van der Waals surface area contributed by atoms with Crippen LogP contribution in [0, 0.1) is 0 Å². The first-order valence-electron chi connectivity index (χ1n) is 3.43. The molecule has 5 nitrogen and oxygen atoms in total. The molecule has 0 bridgehead atoms. The molecule has 0 atom stereocenters. The third kappa shape index (κ3) is 2.03. The summed E-state index contributed by atoms with van der Waals surface area (Å²) in [4.78, 5) is 21.7. The number of hydrogen-bond acceptors (Lipinski definition) is 4. The number of carbonyl (C=O) groups excluding carboxylic acids is 2. The third-order valence-corrected chi connectivity index (χ3v) is 1.44. The maximum atomic E-state index is 11.0. The number of benzene rings is 1. The van der Waals surface area contributed by atoms with Crippen molar-refractivity contribution < 1.29 is 19.9 Å². The van der Waals surface area contributed by atoms with Gasteiger partial charge >= 0.3 is 5.91 Å². The van der Waals surface area contributed by atoms with Crippen LogP contribution in [-0.2, 0) is 4.79 Å². The number of Topliss-reactive ketones (excluding diaryl/α,β-unsaturated/α-hetero) is 1. The molecule has 0 aromatic heterocycles. The second kappa shape index (κ2) is 3.68. The molecule has 1 amide bonds. The van der Waals surface area contributed by atoms with Gasteiger partial charge < -0.3 is 5.11 Å². The van der Waals surface area contributed by atoms with Crippen LogP contribution in [0.4, 0.5) is 0 Å². The van der Waals surface area contributed by atoms with E-state index in [1.165, 1.54) is 29.7 Å². The van der Waals surface area contributed by atoms with Crippen molar-refractivity contribution in [1.82, 2.24) is 5.48 Å². The fraction of sp³-hybridized carbons (Fsp3) is 0. The van der Waals surface area contributed by atoms with Crippen molar-refractivity contribution in [3.05, 3.63) is 29.8 Å². The normalized spacial score (nSPS) is 9.31. The number of rotatable bonds is 2. The van der Waals surface area contributed by atoms with Gasteiger partial charge in [-0.15, -0.1) is 0 Å². The summed E-state index contributed by atoms with van der Waals surface area (Å²) in [5.41, 5.74) is 1.33. The van der Waals surface area contributed by atoms with E-state index in [0.717, 1.165) is 0 Å². The van der Waals surface area contributed by atoms with Crippen LogP contribution in [0.2, 0.25) is 0 Å². The highest BCUT2D eigenvalue weighted by Crippen LogP contribution is 2.09. The van der Waals surface area contributed by atoms with Crippen LogP contribution < -0.4 is 5.48 Å². The van der Waals surface area contributed by atoms with E-state index in [0.29, 0.717) is 0 Å². The van der Waals surface area contributed by atoms with Crippen molar-refractivity contribution >= 4 is 11.7 Å². The van der Waals surface area contributed by atoms with Crippen molar-refractivity contribution in [3.63, 3.8) is 0 Å². The lowest BCUT2D eigenvalue weighted by Crippen LogP contribution is -2.27. The van der Waals surface area contributed by atoms with Crippen molar-refractivity contribution in [2.75, 3.05) is 0 Å². The Hall–Kier alpha value is -1.88. The summed E-state index contributed by atoms with van der Waals surface area (Å²) in [5, 5.41) is 17.0. The van der Waals surface area contributed by atoms with Crippen LogP contribution in [0.1, 0.15) is 10.4 Å². The second-order valence-corrected chi connectivity index (χ2v) is 2.32. The number of hydroxylamine groups is 1. The smallest absolute Gasteiger partial charge is 0.315 e. The van der Waals surface area contributed by atoms with Crippen molar-refractivity contribution in [1.29, 1.82) is 0 Å². The van der Waals surface area contributed by atoms with Crippen LogP contribution in [0.15, 0.2) is 24.3 Å². The molecule has 0 aliphatic heterocycles. The molecule has 68 valence electrons. The predicted octanol–water partition coefficient (Wildman–Crippen LogP) is 0.0803. The zero-order valence-corrected chi connectivity index (χ0v) is 6.52. The Labute approximate surface area is 73.6 Å². The Morgan fingerprint density at radius 2 is 1.69 bits per heavy atom. The molecule has 0 unspecified atom stereocenters. The topological polar surface area (TPSA) is 86.6 Å². The average molecular weight is 181 g/mol. The first-order valence-corrected chi connectivity index (χ1v) is 3.43. The molecule has 0 aliphatic carbocycles. The Morgan fingerprint density at radius 3 is 2.15 bits per heavy atom. The quantitative estimate of drug-likeness (QED) is 0.261. The monoisotopic (exact) mass is 181 g/mol. The minimum atomic E-state index is -1.11. The fourth-order valence-corrected chi connectivity index (χ4v) is 0.795. The summed E-state index contributed by atoms with van der Waals surface area (Å²) in [5.74, 6) is -1.96. The summed E-state index contributed by atoms with van der Waals surface area (Å²) >= 11 is 0. The molecule has 0 saturated heterocycles. The zero-order chi connectivity index (χ0) is 9.84. The maximum Gasteiger partial charge on any atom is 0.315 e. The Morgan fingerprint density at radius 1 is 1.15 bits per heavy atom. The van der Waals surface area contributed by atoms with Gasteiger partial charge in [0.15, 0.2) is 0 Å². The Kier molecular flexibility index (Phi) is 2.61. The highest BCUT2D eigenvalue weighted by Gasteiger charge is 2.14. The SMILES string of the molecule is O=C(NO)C(=O)c1ccc(O)cc1. The number of hydrogen-bond donors (Lipinski definition) is 3. The van der Waals surface area contributed by atoms with Gasteiger partial charge in [-0.05, 0) is 24.3 Å². The lowest BCUT2D eigenvalue weighted by Gasteiger charge is -1.97. The number of nitrogens with one attached hydrogen (secondary N) is 1. The number of phenols is 1. The van der Waals surface area contributed by atoms with E-state index >= 15 is 0 Å². The maximum absolute atomic E-state index is 11.0. The van der Waals surface area contributed by atoms with Gasteiger partial charge in [0.05, 0.1) is 0 Å². The van der Waals surface area contributed by atoms with Gasteiger partial charge in [-0.25, -0.2) is 5.48 Å². The van der Waals surface area contributed by atoms with Gasteiger partial charge in [-0.2, -0.15) is 0 Å². The van der Waals surface area contributed by atoms with Gasteiger partial charge in [0, 0.05) is 5.56 Å². The molecule has 0 radical (unpaired) electrons. The number of amides is 1. The van der Waals surface area contributed by atoms with E-state index in [-0.39, 0.29) is 11.3 Å². The molecule has 5 heteroatoms. The molecule has 0 spiro atoms. The highest BCUT2D eigenvalue weighted by molar-refractivity contribution is 6.42. The predicted molar refractivity (Wildman–Crippen MR) is 42.4 cm³/mol.